The molecule has 1 aromatic heterocycles. The molecule has 0 spiro atoms. The topological polar surface area (TPSA) is 72.9 Å². The van der Waals surface area contributed by atoms with Crippen LogP contribution in [-0.4, -0.2) is 28.8 Å². The molecule has 1 aromatic rings. The van der Waals surface area contributed by atoms with Gasteiger partial charge in [0.25, 0.3) is 5.91 Å². The summed E-state index contributed by atoms with van der Waals surface area (Å²) in [5.74, 6) is 0.455. The molecule has 0 unspecified atom stereocenters. The zero-order valence-corrected chi connectivity index (χ0v) is 9.35. The van der Waals surface area contributed by atoms with Gasteiger partial charge in [0.05, 0.1) is 0 Å². The molecule has 1 amide bonds. The van der Waals surface area contributed by atoms with E-state index in [2.05, 4.69) is 10.4 Å². The van der Waals surface area contributed by atoms with Gasteiger partial charge in [0, 0.05) is 12.7 Å². The number of rotatable bonds is 7. The first kappa shape index (κ1) is 11.1. The minimum Gasteiger partial charge on any atom is -0.364 e. The summed E-state index contributed by atoms with van der Waals surface area (Å²) in [4.78, 5) is 10.8. The first-order valence-corrected chi connectivity index (χ1v) is 5.79. The highest BCUT2D eigenvalue weighted by Crippen LogP contribution is 2.27. The summed E-state index contributed by atoms with van der Waals surface area (Å²) in [5.41, 5.74) is 5.46. The third kappa shape index (κ3) is 3.34. The quantitative estimate of drug-likeness (QED) is 0.655. The lowest BCUT2D eigenvalue weighted by Gasteiger charge is -2.03. The molecule has 0 aliphatic heterocycles. The SMILES string of the molecule is NC(=O)c1ccn(CCCNCC2CC2)n1. The molecule has 0 atom stereocenters. The van der Waals surface area contributed by atoms with Crippen LogP contribution in [-0.2, 0) is 6.54 Å². The Morgan fingerprint density at radius 3 is 3.06 bits per heavy atom. The van der Waals surface area contributed by atoms with Crippen LogP contribution in [0.25, 0.3) is 0 Å². The van der Waals surface area contributed by atoms with Crippen molar-refractivity contribution in [2.45, 2.75) is 25.8 Å². The zero-order valence-electron chi connectivity index (χ0n) is 9.35. The number of carbonyl (C=O) groups is 1. The van der Waals surface area contributed by atoms with E-state index in [1.165, 1.54) is 12.8 Å². The van der Waals surface area contributed by atoms with Crippen LogP contribution in [0.2, 0.25) is 0 Å². The van der Waals surface area contributed by atoms with E-state index in [1.807, 2.05) is 0 Å². The van der Waals surface area contributed by atoms with E-state index < -0.39 is 5.91 Å². The molecule has 0 aromatic carbocycles. The molecule has 1 fully saturated rings. The molecule has 5 heteroatoms. The molecule has 88 valence electrons. The zero-order chi connectivity index (χ0) is 11.4. The van der Waals surface area contributed by atoms with Crippen molar-refractivity contribution in [2.24, 2.45) is 11.7 Å². The maximum absolute atomic E-state index is 10.8. The average Bonchev–Trinajstić information content (AvgIpc) is 2.94. The van der Waals surface area contributed by atoms with Crippen LogP contribution < -0.4 is 11.1 Å². The Labute approximate surface area is 95.0 Å². The summed E-state index contributed by atoms with van der Waals surface area (Å²) in [5, 5.41) is 7.48. The molecule has 3 N–H and O–H groups in total. The Morgan fingerprint density at radius 2 is 2.44 bits per heavy atom. The van der Waals surface area contributed by atoms with E-state index in [9.17, 15) is 4.79 Å². The number of hydrogen-bond acceptors (Lipinski definition) is 3. The molecule has 0 radical (unpaired) electrons. The van der Waals surface area contributed by atoms with Gasteiger partial charge in [-0.1, -0.05) is 0 Å². The van der Waals surface area contributed by atoms with Crippen LogP contribution in [0.3, 0.4) is 0 Å². The molecule has 2 rings (SSSR count). The molecule has 1 aliphatic carbocycles. The third-order valence-corrected chi connectivity index (χ3v) is 2.76. The van der Waals surface area contributed by atoms with Crippen molar-refractivity contribution < 1.29 is 4.79 Å². The van der Waals surface area contributed by atoms with Crippen molar-refractivity contribution in [3.63, 3.8) is 0 Å². The highest BCUT2D eigenvalue weighted by Gasteiger charge is 2.19. The van der Waals surface area contributed by atoms with Gasteiger partial charge in [-0.05, 0) is 44.3 Å². The van der Waals surface area contributed by atoms with Gasteiger partial charge in [0.15, 0.2) is 0 Å². The van der Waals surface area contributed by atoms with Gasteiger partial charge in [-0.2, -0.15) is 5.10 Å². The van der Waals surface area contributed by atoms with Crippen molar-refractivity contribution in [3.8, 4) is 0 Å². The lowest BCUT2D eigenvalue weighted by atomic mass is 10.4. The normalized spacial score (nSPS) is 15.2. The summed E-state index contributed by atoms with van der Waals surface area (Å²) < 4.78 is 1.76. The standard InChI is InChI=1S/C11H18N4O/c12-11(16)10-4-7-15(14-10)6-1-5-13-8-9-2-3-9/h4,7,9,13H,1-3,5-6,8H2,(H2,12,16). The number of primary amides is 1. The lowest BCUT2D eigenvalue weighted by molar-refractivity contribution is 0.0994. The summed E-state index contributed by atoms with van der Waals surface area (Å²) in [6, 6.07) is 1.65. The molecule has 5 nitrogen and oxygen atoms in total. The molecule has 16 heavy (non-hydrogen) atoms. The Balaban J connectivity index is 1.62. The van der Waals surface area contributed by atoms with Crippen LogP contribution >= 0.6 is 0 Å². The fourth-order valence-corrected chi connectivity index (χ4v) is 1.61. The number of aromatic nitrogens is 2. The molecular weight excluding hydrogens is 204 g/mol. The largest absolute Gasteiger partial charge is 0.364 e. The summed E-state index contributed by atoms with van der Waals surface area (Å²) in [7, 11) is 0. The number of hydrogen-bond donors (Lipinski definition) is 2. The second-order valence-corrected chi connectivity index (χ2v) is 4.33. The maximum Gasteiger partial charge on any atom is 0.269 e. The average molecular weight is 222 g/mol. The fraction of sp³-hybridized carbons (Fsp3) is 0.636. The summed E-state index contributed by atoms with van der Waals surface area (Å²) in [6.45, 7) is 2.97. The molecule has 1 saturated carbocycles. The number of amides is 1. The van der Waals surface area contributed by atoms with Crippen LogP contribution in [0.15, 0.2) is 12.3 Å². The maximum atomic E-state index is 10.8. The third-order valence-electron chi connectivity index (χ3n) is 2.76. The van der Waals surface area contributed by atoms with Crippen LogP contribution in [0, 0.1) is 5.92 Å². The van der Waals surface area contributed by atoms with Crippen molar-refractivity contribution in [1.82, 2.24) is 15.1 Å². The second kappa shape index (κ2) is 5.12. The number of nitrogens with one attached hydrogen (secondary N) is 1. The smallest absolute Gasteiger partial charge is 0.269 e. The van der Waals surface area contributed by atoms with Gasteiger partial charge in [0.2, 0.25) is 0 Å². The minimum absolute atomic E-state index is 0.339. The highest BCUT2D eigenvalue weighted by atomic mass is 16.1. The predicted molar refractivity (Wildman–Crippen MR) is 61.0 cm³/mol. The number of aryl methyl sites for hydroxylation is 1. The second-order valence-electron chi connectivity index (χ2n) is 4.33. The van der Waals surface area contributed by atoms with Crippen LogP contribution in [0.1, 0.15) is 29.8 Å². The Morgan fingerprint density at radius 1 is 1.62 bits per heavy atom. The first-order valence-electron chi connectivity index (χ1n) is 5.79. The number of carbonyl (C=O) groups excluding carboxylic acids is 1. The molecule has 1 aliphatic rings. The van der Waals surface area contributed by atoms with Crippen molar-refractivity contribution in [1.29, 1.82) is 0 Å². The fourth-order valence-electron chi connectivity index (χ4n) is 1.61. The van der Waals surface area contributed by atoms with Crippen molar-refractivity contribution >= 4 is 5.91 Å². The van der Waals surface area contributed by atoms with Crippen LogP contribution in [0.4, 0.5) is 0 Å². The Kier molecular flexibility index (Phi) is 3.56. The van der Waals surface area contributed by atoms with E-state index in [4.69, 9.17) is 5.73 Å². The summed E-state index contributed by atoms with van der Waals surface area (Å²) >= 11 is 0. The Hall–Kier alpha value is -1.36. The number of nitrogens with two attached hydrogens (primary N) is 1. The van der Waals surface area contributed by atoms with E-state index in [0.717, 1.165) is 32.0 Å². The van der Waals surface area contributed by atoms with E-state index in [0.29, 0.717) is 5.69 Å². The predicted octanol–water partition coefficient (Wildman–Crippen LogP) is 0.372. The van der Waals surface area contributed by atoms with E-state index in [1.54, 1.807) is 16.9 Å². The number of nitrogens with zero attached hydrogens (tertiary/aromatic N) is 2. The minimum atomic E-state index is -0.467. The van der Waals surface area contributed by atoms with Crippen molar-refractivity contribution in [3.05, 3.63) is 18.0 Å². The first-order chi connectivity index (χ1) is 7.75. The van der Waals surface area contributed by atoms with Gasteiger partial charge < -0.3 is 11.1 Å². The lowest BCUT2D eigenvalue weighted by Crippen LogP contribution is -2.19. The van der Waals surface area contributed by atoms with Gasteiger partial charge >= 0.3 is 0 Å². The van der Waals surface area contributed by atoms with Crippen LogP contribution in [0.5, 0.6) is 0 Å². The van der Waals surface area contributed by atoms with Gasteiger partial charge in [-0.15, -0.1) is 0 Å². The molecule has 1 heterocycles. The highest BCUT2D eigenvalue weighted by molar-refractivity contribution is 5.90. The summed E-state index contributed by atoms with van der Waals surface area (Å²) in [6.07, 6.45) is 5.58. The van der Waals surface area contributed by atoms with Gasteiger partial charge in [0.1, 0.15) is 5.69 Å². The molecule has 0 bridgehead atoms. The monoisotopic (exact) mass is 222 g/mol. The van der Waals surface area contributed by atoms with Gasteiger partial charge in [-0.3, -0.25) is 9.48 Å². The van der Waals surface area contributed by atoms with Gasteiger partial charge in [-0.25, -0.2) is 0 Å². The van der Waals surface area contributed by atoms with E-state index in [-0.39, 0.29) is 0 Å². The van der Waals surface area contributed by atoms with Crippen molar-refractivity contribution in [2.75, 3.05) is 13.1 Å². The van der Waals surface area contributed by atoms with E-state index >= 15 is 0 Å². The Bertz CT molecular complexity index is 357. The molecular formula is C11H18N4O. The molecule has 0 saturated heterocycles.